The Morgan fingerprint density at radius 1 is 0.568 bits per heavy atom. The quantitative estimate of drug-likeness (QED) is 0.255. The molecule has 0 aromatic heterocycles. The zero-order chi connectivity index (χ0) is 26.9. The smallest absolute Gasteiger partial charge is 0.154 e. The van der Waals surface area contributed by atoms with Crippen LogP contribution in [0.25, 0.3) is 11.1 Å². The van der Waals surface area contributed by atoms with E-state index >= 15 is 0 Å². The summed E-state index contributed by atoms with van der Waals surface area (Å²) in [6.07, 6.45) is 2.04. The van der Waals surface area contributed by atoms with Gasteiger partial charge in [0.25, 0.3) is 0 Å². The molecular weight excluding hydrogens is 464 g/mol. The van der Waals surface area contributed by atoms with Crippen molar-refractivity contribution in [2.75, 3.05) is 0 Å². The molecule has 0 atom stereocenters. The van der Waals surface area contributed by atoms with Crippen molar-refractivity contribution in [3.63, 3.8) is 0 Å². The molecule has 37 heavy (non-hydrogen) atoms. The first-order valence-corrected chi connectivity index (χ1v) is 12.1. The Morgan fingerprint density at radius 2 is 1.00 bits per heavy atom. The minimum absolute atomic E-state index is 0.0247. The Labute approximate surface area is 216 Å². The van der Waals surface area contributed by atoms with Gasteiger partial charge in [0.1, 0.15) is 17.2 Å². The van der Waals surface area contributed by atoms with Gasteiger partial charge in [-0.1, -0.05) is 42.5 Å². The van der Waals surface area contributed by atoms with E-state index in [-0.39, 0.29) is 28.4 Å². The number of phenols is 3. The number of aldehydes is 2. The van der Waals surface area contributed by atoms with Crippen LogP contribution in [0.15, 0.2) is 54.6 Å². The van der Waals surface area contributed by atoms with Crippen LogP contribution in [-0.4, -0.2) is 27.9 Å². The standard InChI is InChI=1S/C32H30O5/c1-18-10-23(20(3)28(16-33)30(18)35)12-26-14-25(22-8-6-5-7-9-22)15-27(32(26)37)13-24-11-19(2)31(36)29(17-34)21(24)4/h5-11,14-17,35-37H,12-13H2,1-4H3. The number of benzene rings is 4. The summed E-state index contributed by atoms with van der Waals surface area (Å²) in [4.78, 5) is 23.3. The second kappa shape index (κ2) is 10.3. The van der Waals surface area contributed by atoms with Crippen LogP contribution >= 0.6 is 0 Å². The van der Waals surface area contributed by atoms with Gasteiger partial charge < -0.3 is 15.3 Å². The summed E-state index contributed by atoms with van der Waals surface area (Å²) in [5.41, 5.74) is 8.00. The van der Waals surface area contributed by atoms with Crippen LogP contribution in [0.2, 0.25) is 0 Å². The Bertz CT molecular complexity index is 1420. The molecule has 3 N–H and O–H groups in total. The average molecular weight is 495 g/mol. The zero-order valence-corrected chi connectivity index (χ0v) is 21.4. The molecule has 4 aromatic rings. The number of aryl methyl sites for hydroxylation is 2. The van der Waals surface area contributed by atoms with E-state index < -0.39 is 0 Å². The number of aromatic hydroxyl groups is 3. The van der Waals surface area contributed by atoms with Crippen molar-refractivity contribution >= 4 is 12.6 Å². The molecule has 188 valence electrons. The van der Waals surface area contributed by atoms with Gasteiger partial charge in [0, 0.05) is 12.8 Å². The predicted octanol–water partition coefficient (Wildman–Crippen LogP) is 6.51. The van der Waals surface area contributed by atoms with E-state index in [4.69, 9.17) is 0 Å². The Balaban J connectivity index is 1.89. The maximum atomic E-state index is 11.7. The molecule has 0 amide bonds. The molecule has 0 fully saturated rings. The van der Waals surface area contributed by atoms with E-state index in [0.717, 1.165) is 22.3 Å². The molecule has 0 aliphatic rings. The molecule has 0 unspecified atom stereocenters. The van der Waals surface area contributed by atoms with E-state index in [1.165, 1.54) is 0 Å². The van der Waals surface area contributed by atoms with E-state index in [9.17, 15) is 24.9 Å². The van der Waals surface area contributed by atoms with Gasteiger partial charge >= 0.3 is 0 Å². The van der Waals surface area contributed by atoms with Crippen LogP contribution in [0.5, 0.6) is 17.2 Å². The fourth-order valence-electron chi connectivity index (χ4n) is 4.89. The monoisotopic (exact) mass is 494 g/mol. The largest absolute Gasteiger partial charge is 0.507 e. The maximum absolute atomic E-state index is 11.7. The Hall–Kier alpha value is -4.38. The van der Waals surface area contributed by atoms with Gasteiger partial charge in [-0.05, 0) is 95.5 Å². The first kappa shape index (κ1) is 25.7. The van der Waals surface area contributed by atoms with Gasteiger partial charge in [-0.15, -0.1) is 0 Å². The summed E-state index contributed by atoms with van der Waals surface area (Å²) in [6.45, 7) is 7.08. The van der Waals surface area contributed by atoms with Crippen LogP contribution in [0.3, 0.4) is 0 Å². The third-order valence-corrected chi connectivity index (χ3v) is 7.18. The van der Waals surface area contributed by atoms with Crippen molar-refractivity contribution < 1.29 is 24.9 Å². The summed E-state index contributed by atoms with van der Waals surface area (Å²) < 4.78 is 0. The van der Waals surface area contributed by atoms with Crippen LogP contribution in [0.1, 0.15) is 65.2 Å². The molecule has 4 rings (SSSR count). The molecule has 5 nitrogen and oxygen atoms in total. The lowest BCUT2D eigenvalue weighted by atomic mass is 9.88. The summed E-state index contributed by atoms with van der Waals surface area (Å²) in [7, 11) is 0. The third kappa shape index (κ3) is 4.85. The summed E-state index contributed by atoms with van der Waals surface area (Å²) in [5, 5.41) is 32.1. The van der Waals surface area contributed by atoms with Crippen molar-refractivity contribution in [1.82, 2.24) is 0 Å². The SMILES string of the molecule is Cc1cc(Cc2cc(-c3ccccc3)cc(Cc3cc(C)c(O)c(C=O)c3C)c2O)c(C)c(C=O)c1O. The fraction of sp³-hybridized carbons (Fsp3) is 0.188. The lowest BCUT2D eigenvalue weighted by molar-refractivity contribution is 0.111. The second-order valence-corrected chi connectivity index (χ2v) is 9.58. The third-order valence-electron chi connectivity index (χ3n) is 7.18. The molecule has 5 heteroatoms. The summed E-state index contributed by atoms with van der Waals surface area (Å²) >= 11 is 0. The van der Waals surface area contributed by atoms with Crippen LogP contribution in [-0.2, 0) is 12.8 Å². The predicted molar refractivity (Wildman–Crippen MR) is 145 cm³/mol. The molecule has 4 aromatic carbocycles. The number of phenolic OH excluding ortho intramolecular Hbond substituents is 3. The Kier molecular flexibility index (Phi) is 7.16. The van der Waals surface area contributed by atoms with Gasteiger partial charge in [-0.25, -0.2) is 0 Å². The molecule has 0 saturated heterocycles. The first-order chi connectivity index (χ1) is 17.7. The van der Waals surface area contributed by atoms with E-state index in [2.05, 4.69) is 0 Å². The van der Waals surface area contributed by atoms with Crippen LogP contribution in [0.4, 0.5) is 0 Å². The molecule has 0 heterocycles. The molecule has 0 saturated carbocycles. The topological polar surface area (TPSA) is 94.8 Å². The number of hydrogen-bond acceptors (Lipinski definition) is 5. The average Bonchev–Trinajstić information content (AvgIpc) is 2.89. The molecule has 0 aliphatic heterocycles. The van der Waals surface area contributed by atoms with Gasteiger partial charge in [0.05, 0.1) is 11.1 Å². The highest BCUT2D eigenvalue weighted by molar-refractivity contribution is 5.84. The van der Waals surface area contributed by atoms with E-state index in [1.54, 1.807) is 27.7 Å². The summed E-state index contributed by atoms with van der Waals surface area (Å²) in [6, 6.07) is 17.4. The Morgan fingerprint density at radius 3 is 1.41 bits per heavy atom. The van der Waals surface area contributed by atoms with Crippen LogP contribution in [0, 0.1) is 27.7 Å². The maximum Gasteiger partial charge on any atom is 0.154 e. The van der Waals surface area contributed by atoms with Crippen molar-refractivity contribution in [2.45, 2.75) is 40.5 Å². The molecule has 0 bridgehead atoms. The van der Waals surface area contributed by atoms with E-state index in [1.807, 2.05) is 54.6 Å². The highest BCUT2D eigenvalue weighted by Gasteiger charge is 2.19. The number of carbonyl (C=O) groups is 2. The van der Waals surface area contributed by atoms with Gasteiger partial charge in [0.15, 0.2) is 12.6 Å². The first-order valence-electron chi connectivity index (χ1n) is 12.1. The minimum atomic E-state index is -0.0247. The second-order valence-electron chi connectivity index (χ2n) is 9.58. The minimum Gasteiger partial charge on any atom is -0.507 e. The number of carbonyl (C=O) groups excluding carboxylic acids is 2. The normalized spacial score (nSPS) is 10.9. The molecule has 0 aliphatic carbocycles. The van der Waals surface area contributed by atoms with Crippen molar-refractivity contribution in [3.05, 3.63) is 110 Å². The van der Waals surface area contributed by atoms with Gasteiger partial charge in [-0.3, -0.25) is 9.59 Å². The lowest BCUT2D eigenvalue weighted by Gasteiger charge is -2.18. The number of rotatable bonds is 7. The molecule has 0 radical (unpaired) electrons. The summed E-state index contributed by atoms with van der Waals surface area (Å²) in [5.74, 6) is 0.0851. The van der Waals surface area contributed by atoms with E-state index in [0.29, 0.717) is 58.8 Å². The highest BCUT2D eigenvalue weighted by Crippen LogP contribution is 2.37. The van der Waals surface area contributed by atoms with Crippen molar-refractivity contribution in [1.29, 1.82) is 0 Å². The molecule has 0 spiro atoms. The highest BCUT2D eigenvalue weighted by atomic mass is 16.3. The fourth-order valence-corrected chi connectivity index (χ4v) is 4.89. The lowest BCUT2D eigenvalue weighted by Crippen LogP contribution is -2.03. The van der Waals surface area contributed by atoms with Crippen molar-refractivity contribution in [2.24, 2.45) is 0 Å². The van der Waals surface area contributed by atoms with Crippen molar-refractivity contribution in [3.8, 4) is 28.4 Å². The number of hydrogen-bond donors (Lipinski definition) is 3. The van der Waals surface area contributed by atoms with Gasteiger partial charge in [0.2, 0.25) is 0 Å². The van der Waals surface area contributed by atoms with Gasteiger partial charge in [-0.2, -0.15) is 0 Å². The molecular formula is C32H30O5. The zero-order valence-electron chi connectivity index (χ0n) is 21.4. The van der Waals surface area contributed by atoms with Crippen LogP contribution < -0.4 is 0 Å².